The minimum Gasteiger partial charge on any atom is -0.383 e. The van der Waals surface area contributed by atoms with Crippen LogP contribution in [0.5, 0.6) is 0 Å². The summed E-state index contributed by atoms with van der Waals surface area (Å²) in [7, 11) is 0. The van der Waals surface area contributed by atoms with Gasteiger partial charge in [-0.15, -0.1) is 0 Å². The Balaban J connectivity index is 2.12. The number of rotatable bonds is 4. The third-order valence-corrected chi connectivity index (χ3v) is 5.82. The first-order valence-electron chi connectivity index (χ1n) is 8.86. The van der Waals surface area contributed by atoms with E-state index in [1.54, 1.807) is 13.8 Å². The predicted molar refractivity (Wildman–Crippen MR) is 97.2 cm³/mol. The lowest BCUT2D eigenvalue weighted by Crippen LogP contribution is -2.49. The topological polar surface area (TPSA) is 41.1 Å². The number of amides is 1. The molecule has 8 heteroatoms. The van der Waals surface area contributed by atoms with E-state index >= 15 is 0 Å². The van der Waals surface area contributed by atoms with Gasteiger partial charge in [-0.25, -0.2) is 4.39 Å². The molecule has 1 amide bonds. The fourth-order valence-corrected chi connectivity index (χ4v) is 3.96. The highest BCUT2D eigenvalue weighted by atomic mass is 79.9. The van der Waals surface area contributed by atoms with Crippen molar-refractivity contribution in [2.24, 2.45) is 11.8 Å². The van der Waals surface area contributed by atoms with Gasteiger partial charge < -0.3 is 10.6 Å². The molecule has 0 spiro atoms. The summed E-state index contributed by atoms with van der Waals surface area (Å²) in [5.74, 6) is -2.67. The van der Waals surface area contributed by atoms with Gasteiger partial charge in [-0.3, -0.25) is 4.79 Å². The van der Waals surface area contributed by atoms with Gasteiger partial charge in [0.05, 0.1) is 5.92 Å². The molecule has 4 unspecified atom stereocenters. The molecule has 1 aliphatic heterocycles. The van der Waals surface area contributed by atoms with Crippen LogP contribution >= 0.6 is 15.9 Å². The number of alkyl halides is 3. The van der Waals surface area contributed by atoms with Crippen molar-refractivity contribution in [2.75, 3.05) is 0 Å². The molecular weight excluding hydrogens is 428 g/mol. The zero-order valence-corrected chi connectivity index (χ0v) is 16.5. The second-order valence-electron chi connectivity index (χ2n) is 7.36. The first-order chi connectivity index (χ1) is 12.5. The van der Waals surface area contributed by atoms with Crippen molar-refractivity contribution in [3.63, 3.8) is 0 Å². The molecule has 0 aromatic heterocycles. The molecule has 0 bridgehead atoms. The molecule has 3 rings (SSSR count). The van der Waals surface area contributed by atoms with Crippen molar-refractivity contribution < 1.29 is 22.4 Å². The third-order valence-electron chi connectivity index (χ3n) is 5.32. The van der Waals surface area contributed by atoms with Crippen LogP contribution in [-0.2, 0) is 10.3 Å². The fraction of sp³-hybridized carbons (Fsp3) is 0.526. The minimum absolute atomic E-state index is 0.00341. The van der Waals surface area contributed by atoms with Gasteiger partial charge in [0, 0.05) is 28.2 Å². The van der Waals surface area contributed by atoms with Crippen LogP contribution in [0.4, 0.5) is 17.6 Å². The normalized spacial score (nSPS) is 26.8. The van der Waals surface area contributed by atoms with Crippen LogP contribution in [0, 0.1) is 17.7 Å². The zero-order valence-electron chi connectivity index (χ0n) is 15.0. The van der Waals surface area contributed by atoms with Gasteiger partial charge in [0.1, 0.15) is 11.4 Å². The summed E-state index contributed by atoms with van der Waals surface area (Å²) >= 11 is 3.28. The van der Waals surface area contributed by atoms with Crippen molar-refractivity contribution in [2.45, 2.75) is 50.9 Å². The standard InChI is InChI=1S/C19H21BrF4N2O/c1-3-17(27)26-18(2,13-9-12(20)4-5-14(13)21)16-8-11(19(22,23)24)6-10-7-15(10)25-16/h4-5,8-11,15,25H,3,6-7H2,1-2H3,(H,26,27). The maximum Gasteiger partial charge on any atom is 0.395 e. The lowest BCUT2D eigenvalue weighted by Gasteiger charge is -2.35. The molecule has 1 aromatic carbocycles. The van der Waals surface area contributed by atoms with Crippen LogP contribution in [0.1, 0.15) is 38.7 Å². The Morgan fingerprint density at radius 2 is 2.04 bits per heavy atom. The molecule has 1 heterocycles. The highest BCUT2D eigenvalue weighted by molar-refractivity contribution is 9.10. The number of benzene rings is 1. The van der Waals surface area contributed by atoms with E-state index in [0.717, 1.165) is 6.08 Å². The Labute approximate surface area is 163 Å². The van der Waals surface area contributed by atoms with Gasteiger partial charge in [0.25, 0.3) is 0 Å². The first kappa shape index (κ1) is 20.2. The van der Waals surface area contributed by atoms with E-state index in [4.69, 9.17) is 0 Å². The van der Waals surface area contributed by atoms with E-state index in [1.165, 1.54) is 18.2 Å². The average molecular weight is 449 g/mol. The minimum atomic E-state index is -4.39. The SMILES string of the molecule is CCC(=O)NC(C)(C1=CC(C(F)(F)F)CC2CC2N1)c1cc(Br)ccc1F. The van der Waals surface area contributed by atoms with Crippen molar-refractivity contribution in [3.05, 3.63) is 45.8 Å². The highest BCUT2D eigenvalue weighted by Gasteiger charge is 2.51. The molecule has 27 heavy (non-hydrogen) atoms. The van der Waals surface area contributed by atoms with Gasteiger partial charge in [-0.05, 0) is 43.9 Å². The Hall–Kier alpha value is -1.57. The molecule has 0 radical (unpaired) electrons. The third kappa shape index (κ3) is 4.15. The number of halogens is 5. The smallest absolute Gasteiger partial charge is 0.383 e. The van der Waals surface area contributed by atoms with Gasteiger partial charge in [0.15, 0.2) is 0 Å². The van der Waals surface area contributed by atoms with E-state index in [1.807, 2.05) is 0 Å². The summed E-state index contributed by atoms with van der Waals surface area (Å²) in [5.41, 5.74) is -1.15. The Morgan fingerprint density at radius 1 is 1.33 bits per heavy atom. The molecule has 1 aromatic rings. The molecule has 1 aliphatic carbocycles. The summed E-state index contributed by atoms with van der Waals surface area (Å²) in [6, 6.07) is 4.14. The van der Waals surface area contributed by atoms with Crippen LogP contribution in [0.25, 0.3) is 0 Å². The van der Waals surface area contributed by atoms with E-state index in [-0.39, 0.29) is 42.0 Å². The lowest BCUT2D eigenvalue weighted by atomic mass is 9.85. The van der Waals surface area contributed by atoms with Crippen molar-refractivity contribution in [3.8, 4) is 0 Å². The van der Waals surface area contributed by atoms with Crippen LogP contribution in [-0.4, -0.2) is 18.1 Å². The molecule has 1 fully saturated rings. The number of hydrogen-bond donors (Lipinski definition) is 2. The first-order valence-corrected chi connectivity index (χ1v) is 9.66. The van der Waals surface area contributed by atoms with Crippen molar-refractivity contribution in [1.82, 2.24) is 10.6 Å². The molecule has 1 saturated carbocycles. The highest BCUT2D eigenvalue weighted by Crippen LogP contribution is 2.47. The second-order valence-corrected chi connectivity index (χ2v) is 8.28. The quantitative estimate of drug-likeness (QED) is 0.651. The van der Waals surface area contributed by atoms with E-state index in [0.29, 0.717) is 10.9 Å². The molecule has 2 N–H and O–H groups in total. The summed E-state index contributed by atoms with van der Waals surface area (Å²) < 4.78 is 55.8. The van der Waals surface area contributed by atoms with Crippen LogP contribution in [0.15, 0.2) is 34.4 Å². The molecule has 3 nitrogen and oxygen atoms in total. The van der Waals surface area contributed by atoms with Crippen molar-refractivity contribution >= 4 is 21.8 Å². The lowest BCUT2D eigenvalue weighted by molar-refractivity contribution is -0.163. The zero-order chi connectivity index (χ0) is 20.0. The van der Waals surface area contributed by atoms with Crippen LogP contribution in [0.2, 0.25) is 0 Å². The maximum absolute atomic E-state index is 14.7. The Kier molecular flexibility index (Phi) is 5.31. The largest absolute Gasteiger partial charge is 0.395 e. The molecule has 148 valence electrons. The molecule has 0 saturated heterocycles. The fourth-order valence-electron chi connectivity index (χ4n) is 3.59. The Morgan fingerprint density at radius 3 is 2.67 bits per heavy atom. The number of allylic oxidation sites excluding steroid dienone is 1. The monoisotopic (exact) mass is 448 g/mol. The summed E-state index contributed by atoms with van der Waals surface area (Å²) in [5, 5.41) is 5.87. The number of hydrogen-bond acceptors (Lipinski definition) is 2. The predicted octanol–water partition coefficient (Wildman–Crippen LogP) is 4.77. The number of carbonyl (C=O) groups excluding carboxylic acids is 1. The van der Waals surface area contributed by atoms with Gasteiger partial charge >= 0.3 is 6.18 Å². The molecule has 2 aliphatic rings. The summed E-state index contributed by atoms with van der Waals surface area (Å²) in [6.07, 6.45) is -2.50. The van der Waals surface area contributed by atoms with Crippen LogP contribution < -0.4 is 10.6 Å². The van der Waals surface area contributed by atoms with Gasteiger partial charge in [0.2, 0.25) is 5.91 Å². The van der Waals surface area contributed by atoms with E-state index < -0.39 is 23.5 Å². The van der Waals surface area contributed by atoms with Crippen LogP contribution in [0.3, 0.4) is 0 Å². The Bertz CT molecular complexity index is 779. The maximum atomic E-state index is 14.7. The molecule has 4 atom stereocenters. The summed E-state index contributed by atoms with van der Waals surface area (Å²) in [4.78, 5) is 12.2. The van der Waals surface area contributed by atoms with Gasteiger partial charge in [-0.2, -0.15) is 13.2 Å². The van der Waals surface area contributed by atoms with Gasteiger partial charge in [-0.1, -0.05) is 28.9 Å². The number of fused-ring (bicyclic) bond motifs is 1. The number of carbonyl (C=O) groups is 1. The molecular formula is C19H21BrF4N2O. The van der Waals surface area contributed by atoms with E-state index in [9.17, 15) is 22.4 Å². The second kappa shape index (κ2) is 7.11. The summed E-state index contributed by atoms with van der Waals surface area (Å²) in [6.45, 7) is 3.18. The van der Waals surface area contributed by atoms with E-state index in [2.05, 4.69) is 26.6 Å². The average Bonchev–Trinajstić information content (AvgIpc) is 3.32. The number of nitrogens with one attached hydrogen (secondary N) is 2. The van der Waals surface area contributed by atoms with Crippen molar-refractivity contribution in [1.29, 1.82) is 0 Å².